The van der Waals surface area contributed by atoms with E-state index in [0.29, 0.717) is 5.50 Å². The smallest absolute Gasteiger partial charge is 0.149 e. The van der Waals surface area contributed by atoms with Crippen molar-refractivity contribution in [1.29, 1.82) is 0 Å². The van der Waals surface area contributed by atoms with Gasteiger partial charge in [-0.1, -0.05) is 90.4 Å². The molecule has 0 fully saturated rings. The Hall–Kier alpha value is -0.310. The number of thioether (sulfide) groups is 1. The van der Waals surface area contributed by atoms with Crippen molar-refractivity contribution < 1.29 is 0 Å². The molecule has 0 bridgehead atoms. The molecule has 0 saturated carbocycles. The summed E-state index contributed by atoms with van der Waals surface area (Å²) in [6.45, 7) is 2.29. The van der Waals surface area contributed by atoms with Gasteiger partial charge in [-0.2, -0.15) is 0 Å². The van der Waals surface area contributed by atoms with Crippen molar-refractivity contribution in [3.8, 4) is 0 Å². The summed E-state index contributed by atoms with van der Waals surface area (Å²) in [6.07, 6.45) is 24.5. The number of rotatable bonds is 16. The fourth-order valence-electron chi connectivity index (χ4n) is 3.37. The van der Waals surface area contributed by atoms with E-state index < -0.39 is 0 Å². The van der Waals surface area contributed by atoms with Crippen molar-refractivity contribution >= 4 is 11.8 Å². The molecule has 0 aromatic carbocycles. The summed E-state index contributed by atoms with van der Waals surface area (Å²) in [6, 6.07) is 0. The standard InChI is InChI=1S/C21H42N2S/c1-4-5-6-7-8-9-10-11-12-13-14-15-16-17-20-24-21-22(2)18-19-23(21)3/h18-19,21H,4-17,20H2,1-3H3. The van der Waals surface area contributed by atoms with Gasteiger partial charge in [-0.3, -0.25) is 0 Å². The van der Waals surface area contributed by atoms with Gasteiger partial charge in [-0.05, 0) is 12.2 Å². The van der Waals surface area contributed by atoms with E-state index in [4.69, 9.17) is 0 Å². The molecule has 0 N–H and O–H groups in total. The van der Waals surface area contributed by atoms with Gasteiger partial charge in [0.2, 0.25) is 0 Å². The summed E-state index contributed by atoms with van der Waals surface area (Å²) in [5, 5.41) is 0. The Balaban J connectivity index is 1.74. The molecule has 1 rings (SSSR count). The molecule has 0 amide bonds. The lowest BCUT2D eigenvalue weighted by Gasteiger charge is -2.26. The first-order valence-corrected chi connectivity index (χ1v) is 11.5. The zero-order chi connectivity index (χ0) is 17.5. The maximum Gasteiger partial charge on any atom is 0.149 e. The topological polar surface area (TPSA) is 6.48 Å². The van der Waals surface area contributed by atoms with Crippen molar-refractivity contribution in [3.63, 3.8) is 0 Å². The fraction of sp³-hybridized carbons (Fsp3) is 0.905. The number of hydrogen-bond donors (Lipinski definition) is 0. The SMILES string of the molecule is CCCCCCCCCCCCCCCCSC1N(C)C=CN1C. The maximum absolute atomic E-state index is 2.30. The van der Waals surface area contributed by atoms with E-state index in [1.165, 1.54) is 95.6 Å². The van der Waals surface area contributed by atoms with Crippen LogP contribution in [-0.4, -0.2) is 35.1 Å². The van der Waals surface area contributed by atoms with Crippen molar-refractivity contribution in [2.24, 2.45) is 0 Å². The minimum atomic E-state index is 0.520. The van der Waals surface area contributed by atoms with Crippen LogP contribution in [0, 0.1) is 0 Å². The highest BCUT2D eigenvalue weighted by molar-refractivity contribution is 7.99. The Bertz CT molecular complexity index is 294. The molecular formula is C21H42N2S. The summed E-state index contributed by atoms with van der Waals surface area (Å²) in [5.41, 5.74) is 0.520. The first kappa shape index (κ1) is 21.7. The molecule has 0 radical (unpaired) electrons. The largest absolute Gasteiger partial charge is 0.351 e. The lowest BCUT2D eigenvalue weighted by molar-refractivity contribution is 0.301. The van der Waals surface area contributed by atoms with E-state index in [1.807, 2.05) is 0 Å². The molecule has 142 valence electrons. The van der Waals surface area contributed by atoms with Gasteiger partial charge in [0.1, 0.15) is 5.50 Å². The molecule has 0 aromatic heterocycles. The van der Waals surface area contributed by atoms with Gasteiger partial charge in [0.15, 0.2) is 0 Å². The zero-order valence-electron chi connectivity index (χ0n) is 16.6. The molecule has 2 nitrogen and oxygen atoms in total. The van der Waals surface area contributed by atoms with E-state index in [-0.39, 0.29) is 0 Å². The van der Waals surface area contributed by atoms with Crippen LogP contribution in [0.1, 0.15) is 96.8 Å². The monoisotopic (exact) mass is 354 g/mol. The molecule has 0 spiro atoms. The second kappa shape index (κ2) is 15.0. The molecule has 1 aliphatic rings. The highest BCUT2D eigenvalue weighted by atomic mass is 32.2. The van der Waals surface area contributed by atoms with Gasteiger partial charge in [0, 0.05) is 26.5 Å². The Morgan fingerprint density at radius 3 is 1.42 bits per heavy atom. The van der Waals surface area contributed by atoms with E-state index in [1.54, 1.807) is 0 Å². The number of unbranched alkanes of at least 4 members (excludes halogenated alkanes) is 13. The quantitative estimate of drug-likeness (QED) is 0.280. The van der Waals surface area contributed by atoms with Crippen LogP contribution in [0.5, 0.6) is 0 Å². The molecule has 1 heterocycles. The van der Waals surface area contributed by atoms with Crippen LogP contribution in [0.25, 0.3) is 0 Å². The second-order valence-electron chi connectivity index (χ2n) is 7.42. The minimum Gasteiger partial charge on any atom is -0.351 e. The molecule has 0 aromatic rings. The first-order valence-electron chi connectivity index (χ1n) is 10.5. The molecule has 1 aliphatic heterocycles. The lowest BCUT2D eigenvalue weighted by Crippen LogP contribution is -2.31. The van der Waals surface area contributed by atoms with Crippen LogP contribution in [0.2, 0.25) is 0 Å². The molecule has 0 unspecified atom stereocenters. The highest BCUT2D eigenvalue weighted by Crippen LogP contribution is 2.24. The van der Waals surface area contributed by atoms with E-state index in [0.717, 1.165) is 0 Å². The van der Waals surface area contributed by atoms with Gasteiger partial charge in [-0.25, -0.2) is 0 Å². The van der Waals surface area contributed by atoms with Gasteiger partial charge in [0.25, 0.3) is 0 Å². The predicted octanol–water partition coefficient (Wildman–Crippen LogP) is 6.83. The summed E-state index contributed by atoms with van der Waals surface area (Å²) in [7, 11) is 4.34. The first-order chi connectivity index (χ1) is 11.8. The van der Waals surface area contributed by atoms with Crippen LogP contribution in [0.3, 0.4) is 0 Å². The van der Waals surface area contributed by atoms with Crippen LogP contribution >= 0.6 is 11.8 Å². The van der Waals surface area contributed by atoms with Crippen LogP contribution < -0.4 is 0 Å². The molecule has 0 atom stereocenters. The second-order valence-corrected chi connectivity index (χ2v) is 8.59. The summed E-state index contributed by atoms with van der Waals surface area (Å²) >= 11 is 2.07. The fourth-order valence-corrected chi connectivity index (χ4v) is 4.56. The summed E-state index contributed by atoms with van der Waals surface area (Å²) < 4.78 is 0. The van der Waals surface area contributed by atoms with Crippen molar-refractivity contribution in [2.75, 3.05) is 19.8 Å². The third kappa shape index (κ3) is 10.5. The van der Waals surface area contributed by atoms with Gasteiger partial charge in [0.05, 0.1) is 0 Å². The van der Waals surface area contributed by atoms with Crippen molar-refractivity contribution in [1.82, 2.24) is 9.80 Å². The Labute approximate surface area is 156 Å². The summed E-state index contributed by atoms with van der Waals surface area (Å²) in [5.74, 6) is 1.29. The number of nitrogens with zero attached hydrogens (tertiary/aromatic N) is 2. The van der Waals surface area contributed by atoms with Crippen molar-refractivity contribution in [3.05, 3.63) is 12.4 Å². The third-order valence-corrected chi connectivity index (χ3v) is 6.49. The number of hydrogen-bond acceptors (Lipinski definition) is 3. The van der Waals surface area contributed by atoms with Crippen molar-refractivity contribution in [2.45, 2.75) is 102 Å². The Morgan fingerprint density at radius 2 is 1.00 bits per heavy atom. The van der Waals surface area contributed by atoms with Gasteiger partial charge >= 0.3 is 0 Å². The van der Waals surface area contributed by atoms with Gasteiger partial charge < -0.3 is 9.80 Å². The highest BCUT2D eigenvalue weighted by Gasteiger charge is 2.19. The zero-order valence-corrected chi connectivity index (χ0v) is 17.5. The molecule has 3 heteroatoms. The van der Waals surface area contributed by atoms with Crippen LogP contribution in [0.15, 0.2) is 12.4 Å². The predicted molar refractivity (Wildman–Crippen MR) is 111 cm³/mol. The lowest BCUT2D eigenvalue weighted by atomic mass is 10.0. The molecular weight excluding hydrogens is 312 g/mol. The third-order valence-electron chi connectivity index (χ3n) is 5.00. The average Bonchev–Trinajstić information content (AvgIpc) is 2.90. The van der Waals surface area contributed by atoms with Gasteiger partial charge in [-0.15, -0.1) is 11.8 Å². The average molecular weight is 355 g/mol. The van der Waals surface area contributed by atoms with Crippen LogP contribution in [0.4, 0.5) is 0 Å². The van der Waals surface area contributed by atoms with E-state index in [2.05, 4.69) is 55.0 Å². The van der Waals surface area contributed by atoms with Crippen LogP contribution in [-0.2, 0) is 0 Å². The minimum absolute atomic E-state index is 0.520. The van der Waals surface area contributed by atoms with E-state index in [9.17, 15) is 0 Å². The maximum atomic E-state index is 2.30. The Kier molecular flexibility index (Phi) is 13.6. The summed E-state index contributed by atoms with van der Waals surface area (Å²) in [4.78, 5) is 4.60. The molecule has 0 aliphatic carbocycles. The normalized spacial score (nSPS) is 15.0. The van der Waals surface area contributed by atoms with E-state index >= 15 is 0 Å². The molecule has 24 heavy (non-hydrogen) atoms. The molecule has 0 saturated heterocycles. The Morgan fingerprint density at radius 1 is 0.625 bits per heavy atom.